The van der Waals surface area contributed by atoms with E-state index >= 15 is 0 Å². The molecule has 2 aliphatic heterocycles. The van der Waals surface area contributed by atoms with Gasteiger partial charge in [0.05, 0.1) is 29.3 Å². The molecule has 0 bridgehead atoms. The minimum absolute atomic E-state index is 0.0211. The van der Waals surface area contributed by atoms with Crippen molar-refractivity contribution in [3.63, 3.8) is 0 Å². The summed E-state index contributed by atoms with van der Waals surface area (Å²) in [5.74, 6) is 1.37. The lowest BCUT2D eigenvalue weighted by Crippen LogP contribution is -2.38. The summed E-state index contributed by atoms with van der Waals surface area (Å²) >= 11 is 7.71. The molecule has 1 saturated heterocycles. The smallest absolute Gasteiger partial charge is 0.233 e. The van der Waals surface area contributed by atoms with E-state index in [2.05, 4.69) is 0 Å². The zero-order chi connectivity index (χ0) is 20.7. The number of nitrogens with zero attached hydrogens (tertiary/aromatic N) is 2. The first-order chi connectivity index (χ1) is 14.6. The number of fused-ring (bicyclic) bond motifs is 2. The quantitative estimate of drug-likeness (QED) is 0.568. The van der Waals surface area contributed by atoms with Crippen molar-refractivity contribution in [1.82, 2.24) is 4.98 Å². The highest BCUT2D eigenvalue weighted by molar-refractivity contribution is 7.22. The van der Waals surface area contributed by atoms with E-state index < -0.39 is 0 Å². The van der Waals surface area contributed by atoms with E-state index in [1.165, 1.54) is 11.3 Å². The predicted octanol–water partition coefficient (Wildman–Crippen LogP) is 4.74. The number of ether oxygens (including phenoxy) is 3. The molecule has 2 aromatic carbocycles. The summed E-state index contributed by atoms with van der Waals surface area (Å²) in [6, 6.07) is 9.41. The Bertz CT molecular complexity index is 1110. The first kappa shape index (κ1) is 19.6. The number of rotatable bonds is 5. The minimum Gasteiger partial charge on any atom is -0.454 e. The van der Waals surface area contributed by atoms with Gasteiger partial charge in [-0.25, -0.2) is 4.98 Å². The molecule has 0 aliphatic carbocycles. The Kier molecular flexibility index (Phi) is 5.26. The van der Waals surface area contributed by atoms with Gasteiger partial charge in [0.1, 0.15) is 0 Å². The lowest BCUT2D eigenvalue weighted by molar-refractivity contribution is -0.118. The molecule has 1 fully saturated rings. The Morgan fingerprint density at radius 2 is 2.13 bits per heavy atom. The van der Waals surface area contributed by atoms with Crippen LogP contribution in [0.4, 0.5) is 5.13 Å². The second-order valence-corrected chi connectivity index (χ2v) is 9.02. The number of thiazole rings is 1. The van der Waals surface area contributed by atoms with Gasteiger partial charge in [-0.2, -0.15) is 0 Å². The molecule has 1 atom stereocenters. The maximum atomic E-state index is 13.4. The van der Waals surface area contributed by atoms with Crippen molar-refractivity contribution in [2.45, 2.75) is 32.3 Å². The van der Waals surface area contributed by atoms with E-state index in [1.807, 2.05) is 37.3 Å². The lowest BCUT2D eigenvalue weighted by atomic mass is 10.1. The monoisotopic (exact) mass is 444 g/mol. The Balaban J connectivity index is 1.45. The van der Waals surface area contributed by atoms with Crippen molar-refractivity contribution in [2.75, 3.05) is 24.8 Å². The molecule has 6 nitrogen and oxygen atoms in total. The summed E-state index contributed by atoms with van der Waals surface area (Å²) in [5.41, 5.74) is 2.76. The van der Waals surface area contributed by atoms with E-state index in [4.69, 9.17) is 30.8 Å². The average molecular weight is 445 g/mol. The summed E-state index contributed by atoms with van der Waals surface area (Å²) in [5, 5.41) is 1.35. The van der Waals surface area contributed by atoms with E-state index in [9.17, 15) is 4.79 Å². The third kappa shape index (κ3) is 3.85. The van der Waals surface area contributed by atoms with Crippen LogP contribution in [0.1, 0.15) is 24.0 Å². The van der Waals surface area contributed by atoms with Crippen LogP contribution in [-0.4, -0.2) is 36.9 Å². The minimum atomic E-state index is -0.0211. The van der Waals surface area contributed by atoms with Gasteiger partial charge in [-0.05, 0) is 55.2 Å². The number of hydrogen-bond donors (Lipinski definition) is 0. The number of aryl methyl sites for hydroxylation is 1. The van der Waals surface area contributed by atoms with E-state index in [0.717, 1.165) is 40.8 Å². The van der Waals surface area contributed by atoms with Gasteiger partial charge in [-0.3, -0.25) is 9.69 Å². The van der Waals surface area contributed by atoms with Crippen LogP contribution in [0.15, 0.2) is 30.3 Å². The highest BCUT2D eigenvalue weighted by Crippen LogP contribution is 2.35. The molecule has 0 spiro atoms. The molecular weight excluding hydrogens is 424 g/mol. The normalized spacial score (nSPS) is 17.6. The maximum absolute atomic E-state index is 13.4. The molecule has 0 N–H and O–H groups in total. The number of carbonyl (C=O) groups excluding carboxylic acids is 1. The maximum Gasteiger partial charge on any atom is 0.233 e. The van der Waals surface area contributed by atoms with Crippen LogP contribution in [-0.2, 0) is 16.0 Å². The van der Waals surface area contributed by atoms with Crippen LogP contribution >= 0.6 is 22.9 Å². The number of benzene rings is 2. The summed E-state index contributed by atoms with van der Waals surface area (Å²) in [7, 11) is 0. The average Bonchev–Trinajstić information content (AvgIpc) is 3.46. The Morgan fingerprint density at radius 3 is 2.97 bits per heavy atom. The predicted molar refractivity (Wildman–Crippen MR) is 117 cm³/mol. The number of amides is 1. The fourth-order valence-corrected chi connectivity index (χ4v) is 5.30. The molecule has 3 heterocycles. The zero-order valence-corrected chi connectivity index (χ0v) is 18.1. The summed E-state index contributed by atoms with van der Waals surface area (Å²) < 4.78 is 17.6. The largest absolute Gasteiger partial charge is 0.454 e. The van der Waals surface area contributed by atoms with Crippen molar-refractivity contribution in [3.05, 3.63) is 46.5 Å². The molecule has 0 saturated carbocycles. The molecule has 0 unspecified atom stereocenters. The van der Waals surface area contributed by atoms with Crippen LogP contribution in [0.5, 0.6) is 11.5 Å². The first-order valence-electron chi connectivity index (χ1n) is 9.94. The molecule has 30 heavy (non-hydrogen) atoms. The van der Waals surface area contributed by atoms with Crippen LogP contribution < -0.4 is 14.4 Å². The second-order valence-electron chi connectivity index (χ2n) is 7.57. The number of carbonyl (C=O) groups is 1. The van der Waals surface area contributed by atoms with E-state index in [-0.39, 0.29) is 25.2 Å². The van der Waals surface area contributed by atoms with Gasteiger partial charge in [0.2, 0.25) is 12.7 Å². The lowest BCUT2D eigenvalue weighted by Gasteiger charge is -2.23. The Labute approximate surface area is 183 Å². The van der Waals surface area contributed by atoms with Crippen molar-refractivity contribution in [1.29, 1.82) is 0 Å². The zero-order valence-electron chi connectivity index (χ0n) is 16.5. The standard InChI is InChI=1S/C22H21ClN2O4S/c1-13-7-15(23)10-19-21(13)24-22(30-19)25(11-16-3-2-6-27-16)20(26)9-14-4-5-17-18(8-14)29-12-28-17/h4-5,7-8,10,16H,2-3,6,9,11-12H2,1H3/t16-/m1/s1. The van der Waals surface area contributed by atoms with Crippen molar-refractivity contribution < 1.29 is 19.0 Å². The fraction of sp³-hybridized carbons (Fsp3) is 0.364. The fourth-order valence-electron chi connectivity index (χ4n) is 3.86. The van der Waals surface area contributed by atoms with Gasteiger partial charge in [0.25, 0.3) is 0 Å². The topological polar surface area (TPSA) is 60.9 Å². The van der Waals surface area contributed by atoms with Gasteiger partial charge in [0, 0.05) is 11.6 Å². The molecule has 3 aromatic rings. The molecule has 8 heteroatoms. The molecule has 5 rings (SSSR count). The molecule has 1 amide bonds. The first-order valence-corrected chi connectivity index (χ1v) is 11.1. The van der Waals surface area contributed by atoms with Gasteiger partial charge >= 0.3 is 0 Å². The SMILES string of the molecule is Cc1cc(Cl)cc2sc(N(C[C@H]3CCCO3)C(=O)Cc3ccc4c(c3)OCO4)nc12. The third-order valence-electron chi connectivity index (χ3n) is 5.37. The van der Waals surface area contributed by atoms with Gasteiger partial charge in [-0.1, -0.05) is 29.0 Å². The summed E-state index contributed by atoms with van der Waals surface area (Å²) in [6.07, 6.45) is 2.24. The molecule has 2 aliphatic rings. The highest BCUT2D eigenvalue weighted by Gasteiger charge is 2.27. The molecule has 1 aromatic heterocycles. The number of hydrogen-bond acceptors (Lipinski definition) is 6. The van der Waals surface area contributed by atoms with Crippen molar-refractivity contribution in [2.24, 2.45) is 0 Å². The number of anilines is 1. The molecular formula is C22H21ClN2O4S. The van der Waals surface area contributed by atoms with E-state index in [1.54, 1.807) is 4.90 Å². The summed E-state index contributed by atoms with van der Waals surface area (Å²) in [4.78, 5) is 19.9. The third-order valence-corrected chi connectivity index (χ3v) is 6.62. The van der Waals surface area contributed by atoms with Gasteiger partial charge < -0.3 is 14.2 Å². The van der Waals surface area contributed by atoms with Crippen molar-refractivity contribution >= 4 is 44.2 Å². The number of aromatic nitrogens is 1. The Hall–Kier alpha value is -2.35. The van der Waals surface area contributed by atoms with Crippen LogP contribution in [0.3, 0.4) is 0 Å². The molecule has 0 radical (unpaired) electrons. The van der Waals surface area contributed by atoms with Gasteiger partial charge in [-0.15, -0.1) is 0 Å². The second kappa shape index (κ2) is 8.06. The summed E-state index contributed by atoms with van der Waals surface area (Å²) in [6.45, 7) is 3.43. The Morgan fingerprint density at radius 1 is 1.27 bits per heavy atom. The highest BCUT2D eigenvalue weighted by atomic mass is 35.5. The number of halogens is 1. The molecule has 156 valence electrons. The van der Waals surface area contributed by atoms with Crippen molar-refractivity contribution in [3.8, 4) is 11.5 Å². The van der Waals surface area contributed by atoms with Crippen LogP contribution in [0, 0.1) is 6.92 Å². The van der Waals surface area contributed by atoms with Crippen LogP contribution in [0.25, 0.3) is 10.2 Å². The van der Waals surface area contributed by atoms with Crippen LogP contribution in [0.2, 0.25) is 5.02 Å². The van der Waals surface area contributed by atoms with Gasteiger partial charge in [0.15, 0.2) is 16.6 Å². The van der Waals surface area contributed by atoms with E-state index in [0.29, 0.717) is 28.2 Å².